The topological polar surface area (TPSA) is 44.7 Å². The first kappa shape index (κ1) is 6.54. The van der Waals surface area contributed by atoms with Crippen LogP contribution in [0.4, 0.5) is 0 Å². The number of carbonyl (C=O) groups excluding carboxylic acids is 1. The molecule has 2 aliphatic heterocycles. The van der Waals surface area contributed by atoms with Gasteiger partial charge in [0.1, 0.15) is 6.04 Å². The number of hydrogen-bond donors (Lipinski definition) is 1. The Hall–Kier alpha value is -1.16. The minimum absolute atomic E-state index is 0.0556. The van der Waals surface area contributed by atoms with Gasteiger partial charge in [0.25, 0.3) is 5.91 Å². The normalized spacial score (nSPS) is 28.9. The lowest BCUT2D eigenvalue weighted by atomic mass is 10.2. The van der Waals surface area contributed by atoms with Crippen molar-refractivity contribution in [1.29, 1.82) is 0 Å². The smallest absolute Gasteiger partial charge is 0.269 e. The van der Waals surface area contributed by atoms with Crippen molar-refractivity contribution >= 4 is 12.1 Å². The second-order valence-electron chi connectivity index (χ2n) is 2.58. The van der Waals surface area contributed by atoms with Crippen LogP contribution in [0.5, 0.6) is 0 Å². The first-order valence-corrected chi connectivity index (χ1v) is 3.64. The van der Waals surface area contributed by atoms with Crippen molar-refractivity contribution in [2.24, 2.45) is 4.99 Å². The quantitative estimate of drug-likeness (QED) is 0.516. The number of hydrazine groups is 1. The van der Waals surface area contributed by atoms with Crippen molar-refractivity contribution in [3.05, 3.63) is 12.3 Å². The molecule has 0 aromatic carbocycles. The summed E-state index contributed by atoms with van der Waals surface area (Å²) < 4.78 is 0. The number of rotatable bonds is 0. The summed E-state index contributed by atoms with van der Waals surface area (Å²) in [7, 11) is 0. The molecule has 58 valence electrons. The van der Waals surface area contributed by atoms with Crippen molar-refractivity contribution in [3.8, 4) is 0 Å². The molecule has 0 spiro atoms. The van der Waals surface area contributed by atoms with Crippen molar-refractivity contribution in [2.45, 2.75) is 12.5 Å². The molecule has 11 heavy (non-hydrogen) atoms. The van der Waals surface area contributed by atoms with Crippen molar-refractivity contribution < 1.29 is 4.79 Å². The minimum Gasteiger partial charge on any atom is -0.303 e. The summed E-state index contributed by atoms with van der Waals surface area (Å²) in [6.45, 7) is 0.857. The van der Waals surface area contributed by atoms with Crippen LogP contribution in [0.2, 0.25) is 0 Å². The number of nitrogens with one attached hydrogen (secondary N) is 1. The molecule has 1 N–H and O–H groups in total. The van der Waals surface area contributed by atoms with Gasteiger partial charge in [-0.25, -0.2) is 10.4 Å². The van der Waals surface area contributed by atoms with E-state index in [1.54, 1.807) is 6.08 Å². The predicted molar refractivity (Wildman–Crippen MR) is 40.9 cm³/mol. The maximum Gasteiger partial charge on any atom is 0.269 e. The number of carbonyl (C=O) groups is 1. The zero-order chi connectivity index (χ0) is 7.68. The molecule has 0 saturated carbocycles. The lowest BCUT2D eigenvalue weighted by Crippen LogP contribution is -2.35. The van der Waals surface area contributed by atoms with E-state index in [0.717, 1.165) is 13.0 Å². The van der Waals surface area contributed by atoms with E-state index >= 15 is 0 Å². The van der Waals surface area contributed by atoms with Crippen LogP contribution in [0, 0.1) is 0 Å². The predicted octanol–water partition coefficient (Wildman–Crippen LogP) is -0.310. The minimum atomic E-state index is -0.0787. The maximum atomic E-state index is 11.2. The first-order valence-electron chi connectivity index (χ1n) is 3.64. The number of nitrogens with zero attached hydrogens (tertiary/aromatic N) is 2. The van der Waals surface area contributed by atoms with Gasteiger partial charge in [-0.05, 0) is 12.5 Å². The van der Waals surface area contributed by atoms with Crippen LogP contribution in [-0.2, 0) is 4.79 Å². The van der Waals surface area contributed by atoms with Gasteiger partial charge in [-0.3, -0.25) is 4.79 Å². The summed E-state index contributed by atoms with van der Waals surface area (Å²) in [4.78, 5) is 14.9. The monoisotopic (exact) mass is 151 g/mol. The summed E-state index contributed by atoms with van der Waals surface area (Å²) >= 11 is 0. The summed E-state index contributed by atoms with van der Waals surface area (Å²) in [6, 6.07) is -0.0787. The average molecular weight is 151 g/mol. The highest BCUT2D eigenvalue weighted by Crippen LogP contribution is 2.11. The highest BCUT2D eigenvalue weighted by molar-refractivity contribution is 5.93. The zero-order valence-electron chi connectivity index (χ0n) is 6.03. The Morgan fingerprint density at radius 2 is 2.64 bits per heavy atom. The van der Waals surface area contributed by atoms with Crippen LogP contribution in [-0.4, -0.2) is 29.7 Å². The third-order valence-corrected chi connectivity index (χ3v) is 1.87. The molecule has 4 heteroatoms. The molecule has 0 aromatic heterocycles. The summed E-state index contributed by atoms with van der Waals surface area (Å²) in [6.07, 6.45) is 5.98. The highest BCUT2D eigenvalue weighted by atomic mass is 16.2. The maximum absolute atomic E-state index is 11.2. The van der Waals surface area contributed by atoms with E-state index in [2.05, 4.69) is 10.4 Å². The van der Waals surface area contributed by atoms with Crippen LogP contribution < -0.4 is 5.43 Å². The van der Waals surface area contributed by atoms with Gasteiger partial charge in [-0.2, -0.15) is 0 Å². The second kappa shape index (κ2) is 2.47. The number of hydrogen-bond acceptors (Lipinski definition) is 3. The number of fused-ring (bicyclic) bond motifs is 1. The Kier molecular flexibility index (Phi) is 1.47. The third-order valence-electron chi connectivity index (χ3n) is 1.87. The molecule has 2 heterocycles. The van der Waals surface area contributed by atoms with Crippen LogP contribution >= 0.6 is 0 Å². The fourth-order valence-electron chi connectivity index (χ4n) is 1.31. The summed E-state index contributed by atoms with van der Waals surface area (Å²) in [5, 5.41) is 1.81. The fourth-order valence-corrected chi connectivity index (χ4v) is 1.31. The highest BCUT2D eigenvalue weighted by Gasteiger charge is 2.28. The van der Waals surface area contributed by atoms with Gasteiger partial charge in [-0.15, -0.1) is 0 Å². The number of allylic oxidation sites excluding steroid dienone is 1. The van der Waals surface area contributed by atoms with E-state index in [0.29, 0.717) is 0 Å². The molecule has 1 unspecified atom stereocenters. The van der Waals surface area contributed by atoms with Crippen LogP contribution in [0.1, 0.15) is 6.42 Å². The molecule has 0 aliphatic carbocycles. The summed E-state index contributed by atoms with van der Waals surface area (Å²) in [5.41, 5.74) is 3.07. The second-order valence-corrected chi connectivity index (χ2v) is 2.58. The van der Waals surface area contributed by atoms with Crippen molar-refractivity contribution in [2.75, 3.05) is 6.54 Å². The van der Waals surface area contributed by atoms with Gasteiger partial charge < -0.3 is 5.01 Å². The fraction of sp³-hybridized carbons (Fsp3) is 0.429. The Morgan fingerprint density at radius 1 is 1.73 bits per heavy atom. The van der Waals surface area contributed by atoms with Gasteiger partial charge in [-0.1, -0.05) is 0 Å². The Bertz CT molecular complexity index is 234. The molecule has 0 radical (unpaired) electrons. The SMILES string of the molecule is O=C1N=CC=CN2NCCC12. The third kappa shape index (κ3) is 1.05. The van der Waals surface area contributed by atoms with E-state index in [9.17, 15) is 4.79 Å². The molecule has 1 saturated heterocycles. The lowest BCUT2D eigenvalue weighted by Gasteiger charge is -2.17. The molecule has 1 amide bonds. The van der Waals surface area contributed by atoms with Crippen LogP contribution in [0.25, 0.3) is 0 Å². The molecular weight excluding hydrogens is 142 g/mol. The number of amides is 1. The molecule has 1 atom stereocenters. The van der Waals surface area contributed by atoms with E-state index < -0.39 is 0 Å². The molecular formula is C7H9N3O. The van der Waals surface area contributed by atoms with E-state index in [4.69, 9.17) is 0 Å². The molecule has 2 aliphatic rings. The Labute approximate surface area is 64.6 Å². The Balaban J connectivity index is 2.25. The van der Waals surface area contributed by atoms with E-state index in [1.165, 1.54) is 6.21 Å². The van der Waals surface area contributed by atoms with Crippen molar-refractivity contribution in [3.63, 3.8) is 0 Å². The molecule has 1 fully saturated rings. The van der Waals surface area contributed by atoms with Gasteiger partial charge in [0.2, 0.25) is 0 Å². The number of aliphatic imine (C=N–C) groups is 1. The van der Waals surface area contributed by atoms with Crippen LogP contribution in [0.15, 0.2) is 17.3 Å². The average Bonchev–Trinajstić information content (AvgIpc) is 2.40. The van der Waals surface area contributed by atoms with E-state index in [-0.39, 0.29) is 11.9 Å². The van der Waals surface area contributed by atoms with E-state index in [1.807, 2.05) is 11.2 Å². The van der Waals surface area contributed by atoms with Gasteiger partial charge >= 0.3 is 0 Å². The first-order chi connectivity index (χ1) is 5.38. The summed E-state index contributed by atoms with van der Waals surface area (Å²) in [5.74, 6) is -0.0556. The van der Waals surface area contributed by atoms with Crippen molar-refractivity contribution in [1.82, 2.24) is 10.4 Å². The molecule has 0 aromatic rings. The molecule has 4 nitrogen and oxygen atoms in total. The lowest BCUT2D eigenvalue weighted by molar-refractivity contribution is -0.121. The van der Waals surface area contributed by atoms with Crippen LogP contribution in [0.3, 0.4) is 0 Å². The zero-order valence-corrected chi connectivity index (χ0v) is 6.03. The Morgan fingerprint density at radius 3 is 3.55 bits per heavy atom. The standard InChI is InChI=1S/C7H9N3O/c11-7-6-2-4-9-10(6)5-1-3-8-7/h1,3,5-6,9H,2,4H2. The largest absolute Gasteiger partial charge is 0.303 e. The van der Waals surface area contributed by atoms with Gasteiger partial charge in [0.05, 0.1) is 0 Å². The molecule has 2 rings (SSSR count). The molecule has 0 bridgehead atoms. The van der Waals surface area contributed by atoms with Gasteiger partial charge in [0.15, 0.2) is 0 Å². The van der Waals surface area contributed by atoms with Gasteiger partial charge in [0, 0.05) is 19.0 Å².